The van der Waals surface area contributed by atoms with E-state index in [1.165, 1.54) is 36.8 Å². The number of nitrogens with two attached hydrogens (primary N) is 2. The van der Waals surface area contributed by atoms with E-state index >= 15 is 0 Å². The van der Waals surface area contributed by atoms with Crippen molar-refractivity contribution in [2.45, 2.75) is 45.1 Å². The Morgan fingerprint density at radius 2 is 2.00 bits per heavy atom. The molecule has 2 heteroatoms. The summed E-state index contributed by atoms with van der Waals surface area (Å²) >= 11 is 0. The van der Waals surface area contributed by atoms with Gasteiger partial charge in [0, 0.05) is 11.7 Å². The van der Waals surface area contributed by atoms with E-state index in [-0.39, 0.29) is 0 Å². The molecule has 0 spiro atoms. The molecule has 1 aromatic rings. The van der Waals surface area contributed by atoms with Gasteiger partial charge in [-0.15, -0.1) is 0 Å². The van der Waals surface area contributed by atoms with E-state index in [0.29, 0.717) is 12.0 Å². The van der Waals surface area contributed by atoms with Gasteiger partial charge >= 0.3 is 0 Å². The topological polar surface area (TPSA) is 52.0 Å². The highest BCUT2D eigenvalue weighted by molar-refractivity contribution is 5.47. The van der Waals surface area contributed by atoms with Crippen molar-refractivity contribution >= 4 is 5.69 Å². The fraction of sp³-hybridized carbons (Fsp3) is 0.571. The number of rotatable bonds is 2. The molecule has 1 aromatic carbocycles. The summed E-state index contributed by atoms with van der Waals surface area (Å²) < 4.78 is 0. The monoisotopic (exact) mass is 218 g/mol. The van der Waals surface area contributed by atoms with Gasteiger partial charge in [0.05, 0.1) is 0 Å². The molecule has 2 nitrogen and oxygen atoms in total. The van der Waals surface area contributed by atoms with Gasteiger partial charge in [-0.2, -0.15) is 0 Å². The molecule has 0 aromatic heterocycles. The quantitative estimate of drug-likeness (QED) is 0.750. The van der Waals surface area contributed by atoms with Crippen LogP contribution in [-0.2, 0) is 6.42 Å². The summed E-state index contributed by atoms with van der Waals surface area (Å²) in [7, 11) is 0. The molecule has 0 heterocycles. The van der Waals surface area contributed by atoms with Crippen LogP contribution in [0.3, 0.4) is 0 Å². The van der Waals surface area contributed by atoms with Crippen molar-refractivity contribution in [1.29, 1.82) is 0 Å². The molecule has 2 atom stereocenters. The Kier molecular flexibility index (Phi) is 3.49. The molecule has 1 saturated carbocycles. The molecule has 2 rings (SSSR count). The standard InChI is InChI=1S/C14H22N2/c1-10-8-11(6-7-13(10)15)9-12-4-2-3-5-14(12)16/h6-8,12,14H,2-5,9,15-16H2,1H3. The smallest absolute Gasteiger partial charge is 0.0343 e. The maximum atomic E-state index is 6.17. The Morgan fingerprint density at radius 3 is 2.69 bits per heavy atom. The molecule has 0 saturated heterocycles. The normalized spacial score (nSPS) is 25.6. The van der Waals surface area contributed by atoms with Crippen LogP contribution < -0.4 is 11.5 Å². The van der Waals surface area contributed by atoms with E-state index in [1.807, 2.05) is 6.07 Å². The number of anilines is 1. The van der Waals surface area contributed by atoms with Crippen LogP contribution in [0.5, 0.6) is 0 Å². The van der Waals surface area contributed by atoms with Gasteiger partial charge in [-0.05, 0) is 49.3 Å². The highest BCUT2D eigenvalue weighted by Crippen LogP contribution is 2.27. The van der Waals surface area contributed by atoms with Crippen molar-refractivity contribution in [1.82, 2.24) is 0 Å². The van der Waals surface area contributed by atoms with Crippen LogP contribution in [0.4, 0.5) is 5.69 Å². The molecular weight excluding hydrogens is 196 g/mol. The molecule has 1 fully saturated rings. The van der Waals surface area contributed by atoms with Crippen molar-refractivity contribution in [2.24, 2.45) is 11.7 Å². The van der Waals surface area contributed by atoms with Gasteiger partial charge in [-0.25, -0.2) is 0 Å². The zero-order chi connectivity index (χ0) is 11.5. The molecule has 2 unspecified atom stereocenters. The molecular formula is C14H22N2. The first-order valence-electron chi connectivity index (χ1n) is 6.27. The lowest BCUT2D eigenvalue weighted by atomic mass is 9.81. The van der Waals surface area contributed by atoms with Crippen LogP contribution >= 0.6 is 0 Å². The van der Waals surface area contributed by atoms with Crippen LogP contribution in [0.25, 0.3) is 0 Å². The van der Waals surface area contributed by atoms with Gasteiger partial charge in [-0.3, -0.25) is 0 Å². The van der Waals surface area contributed by atoms with Crippen molar-refractivity contribution < 1.29 is 0 Å². The Morgan fingerprint density at radius 1 is 1.25 bits per heavy atom. The Labute approximate surface area is 98.0 Å². The Hall–Kier alpha value is -1.02. The first kappa shape index (κ1) is 11.5. The lowest BCUT2D eigenvalue weighted by Gasteiger charge is -2.28. The van der Waals surface area contributed by atoms with Crippen LogP contribution in [0.2, 0.25) is 0 Å². The second kappa shape index (κ2) is 4.88. The zero-order valence-corrected chi connectivity index (χ0v) is 10.1. The minimum absolute atomic E-state index is 0.395. The largest absolute Gasteiger partial charge is 0.399 e. The first-order valence-corrected chi connectivity index (χ1v) is 6.27. The number of hydrogen-bond acceptors (Lipinski definition) is 2. The SMILES string of the molecule is Cc1cc(CC2CCCCC2N)ccc1N. The van der Waals surface area contributed by atoms with Gasteiger partial charge in [-0.1, -0.05) is 25.0 Å². The van der Waals surface area contributed by atoms with Gasteiger partial charge in [0.1, 0.15) is 0 Å². The molecule has 0 amide bonds. The summed E-state index contributed by atoms with van der Waals surface area (Å²) in [6.45, 7) is 2.07. The fourth-order valence-electron chi connectivity index (χ4n) is 2.66. The molecule has 0 radical (unpaired) electrons. The molecule has 16 heavy (non-hydrogen) atoms. The van der Waals surface area contributed by atoms with E-state index in [1.54, 1.807) is 0 Å². The summed E-state index contributed by atoms with van der Waals surface area (Å²) in [6.07, 6.45) is 6.23. The Bertz CT molecular complexity index is 360. The average Bonchev–Trinajstić information content (AvgIpc) is 2.27. The zero-order valence-electron chi connectivity index (χ0n) is 10.1. The minimum Gasteiger partial charge on any atom is -0.399 e. The average molecular weight is 218 g/mol. The number of aryl methyl sites for hydroxylation is 1. The van der Waals surface area contributed by atoms with Gasteiger partial charge in [0.2, 0.25) is 0 Å². The van der Waals surface area contributed by atoms with Crippen LogP contribution in [-0.4, -0.2) is 6.04 Å². The van der Waals surface area contributed by atoms with E-state index in [4.69, 9.17) is 11.5 Å². The second-order valence-corrected chi connectivity index (χ2v) is 5.10. The van der Waals surface area contributed by atoms with E-state index in [2.05, 4.69) is 19.1 Å². The van der Waals surface area contributed by atoms with Crippen molar-refractivity contribution in [3.05, 3.63) is 29.3 Å². The van der Waals surface area contributed by atoms with Crippen molar-refractivity contribution in [3.8, 4) is 0 Å². The summed E-state index contributed by atoms with van der Waals surface area (Å²) in [6, 6.07) is 6.76. The van der Waals surface area contributed by atoms with E-state index in [9.17, 15) is 0 Å². The lowest BCUT2D eigenvalue weighted by Crippen LogP contribution is -2.34. The molecule has 0 bridgehead atoms. The fourth-order valence-corrected chi connectivity index (χ4v) is 2.66. The maximum absolute atomic E-state index is 6.17. The summed E-state index contributed by atoms with van der Waals surface area (Å²) in [5, 5.41) is 0. The van der Waals surface area contributed by atoms with Crippen LogP contribution in [0.1, 0.15) is 36.8 Å². The predicted octanol–water partition coefficient (Wildman–Crippen LogP) is 2.64. The first-order chi connectivity index (χ1) is 7.66. The second-order valence-electron chi connectivity index (χ2n) is 5.10. The number of hydrogen-bond donors (Lipinski definition) is 2. The molecule has 1 aliphatic carbocycles. The Balaban J connectivity index is 2.05. The van der Waals surface area contributed by atoms with Crippen LogP contribution in [0.15, 0.2) is 18.2 Å². The number of nitrogen functional groups attached to an aromatic ring is 1. The van der Waals surface area contributed by atoms with Gasteiger partial charge in [0.25, 0.3) is 0 Å². The minimum atomic E-state index is 0.395. The van der Waals surface area contributed by atoms with Gasteiger partial charge in [0.15, 0.2) is 0 Å². The van der Waals surface area contributed by atoms with Crippen molar-refractivity contribution in [3.63, 3.8) is 0 Å². The van der Waals surface area contributed by atoms with E-state index < -0.39 is 0 Å². The summed E-state index contributed by atoms with van der Waals surface area (Å²) in [5.41, 5.74) is 15.4. The van der Waals surface area contributed by atoms with Gasteiger partial charge < -0.3 is 11.5 Å². The lowest BCUT2D eigenvalue weighted by molar-refractivity contribution is 0.306. The molecule has 1 aliphatic rings. The molecule has 4 N–H and O–H groups in total. The number of benzene rings is 1. The third-order valence-electron chi connectivity index (χ3n) is 3.80. The maximum Gasteiger partial charge on any atom is 0.0343 e. The van der Waals surface area contributed by atoms with E-state index in [0.717, 1.165) is 12.1 Å². The summed E-state index contributed by atoms with van der Waals surface area (Å²) in [5.74, 6) is 0.664. The third kappa shape index (κ3) is 2.56. The highest BCUT2D eigenvalue weighted by atomic mass is 14.7. The summed E-state index contributed by atoms with van der Waals surface area (Å²) in [4.78, 5) is 0. The van der Waals surface area contributed by atoms with Crippen molar-refractivity contribution in [2.75, 3.05) is 5.73 Å². The molecule has 0 aliphatic heterocycles. The highest BCUT2D eigenvalue weighted by Gasteiger charge is 2.21. The third-order valence-corrected chi connectivity index (χ3v) is 3.80. The predicted molar refractivity (Wildman–Crippen MR) is 69.2 cm³/mol. The van der Waals surface area contributed by atoms with Crippen LogP contribution in [0, 0.1) is 12.8 Å². The molecule has 88 valence electrons.